The number of halogens is 1. The Hall–Kier alpha value is -0.293. The monoisotopic (exact) mass is 131 g/mol. The quantitative estimate of drug-likeness (QED) is 0.397. The van der Waals surface area contributed by atoms with Crippen LogP contribution in [0.1, 0.15) is 6.42 Å². The van der Waals surface area contributed by atoms with Crippen molar-refractivity contribution in [2.45, 2.75) is 25.6 Å². The molecule has 0 bridgehead atoms. The number of hydrogen-bond donors (Lipinski definition) is 0. The Labute approximate surface area is 52.3 Å². The Morgan fingerprint density at radius 1 is 1.50 bits per heavy atom. The minimum absolute atomic E-state index is 0. The summed E-state index contributed by atoms with van der Waals surface area (Å²) in [7, 11) is -0.0398. The highest BCUT2D eigenvalue weighted by Crippen LogP contribution is 1.93. The van der Waals surface area contributed by atoms with Gasteiger partial charge in [-0.05, 0) is 6.04 Å². The van der Waals surface area contributed by atoms with E-state index in [0.29, 0.717) is 0 Å². The third kappa shape index (κ3) is 9.20. The summed E-state index contributed by atoms with van der Waals surface area (Å²) in [4.78, 5) is 0. The zero-order chi connectivity index (χ0) is 5.70. The molecule has 0 saturated heterocycles. The molecule has 1 radical (unpaired) electrons. The molecule has 0 heterocycles. The molecule has 0 amide bonds. The van der Waals surface area contributed by atoms with Crippen LogP contribution in [0.5, 0.6) is 0 Å². The first-order valence-electron chi connectivity index (χ1n) is 2.50. The van der Waals surface area contributed by atoms with Crippen LogP contribution < -0.4 is 0 Å². The Bertz CT molecular complexity index is 73.1. The highest BCUT2D eigenvalue weighted by Gasteiger charge is 1.90. The highest BCUT2D eigenvalue weighted by molar-refractivity contribution is 6.55. The van der Waals surface area contributed by atoms with Gasteiger partial charge in [0.25, 0.3) is 0 Å². The van der Waals surface area contributed by atoms with Gasteiger partial charge in [0.2, 0.25) is 0 Å². The van der Waals surface area contributed by atoms with E-state index < -0.39 is 0 Å². The summed E-state index contributed by atoms with van der Waals surface area (Å²) in [5.41, 5.74) is 0. The Kier molecular flexibility index (Phi) is 8.92. The Morgan fingerprint density at radius 3 is 2.12 bits per heavy atom. The molecule has 2 heteroatoms. The van der Waals surface area contributed by atoms with Gasteiger partial charge in [-0.2, -0.15) is 0 Å². The van der Waals surface area contributed by atoms with Crippen LogP contribution in [0.4, 0.5) is 4.70 Å². The summed E-state index contributed by atoms with van der Waals surface area (Å²) < 4.78 is 0. The molecule has 47 valence electrons. The standard InChI is InChI=1S/C6H11Si.FH/c1-4-5-6-7(2)3;/h1H,5-6H2,2-3H3;1H. The molecule has 0 aromatic heterocycles. The van der Waals surface area contributed by atoms with Crippen LogP contribution in [0.25, 0.3) is 0 Å². The van der Waals surface area contributed by atoms with Crippen molar-refractivity contribution in [2.24, 2.45) is 0 Å². The van der Waals surface area contributed by atoms with E-state index in [9.17, 15) is 0 Å². The maximum atomic E-state index is 5.04. The minimum Gasteiger partial charge on any atom is -0.269 e. The fraction of sp³-hybridized carbons (Fsp3) is 0.667. The molecule has 0 aliphatic rings. The van der Waals surface area contributed by atoms with E-state index in [-0.39, 0.29) is 13.5 Å². The van der Waals surface area contributed by atoms with Crippen molar-refractivity contribution < 1.29 is 4.70 Å². The second-order valence-electron chi connectivity index (χ2n) is 1.91. The first kappa shape index (κ1) is 10.6. The van der Waals surface area contributed by atoms with Crippen LogP contribution in [-0.4, -0.2) is 8.80 Å². The van der Waals surface area contributed by atoms with Crippen LogP contribution >= 0.6 is 0 Å². The molecule has 0 saturated carbocycles. The molecule has 0 spiro atoms. The van der Waals surface area contributed by atoms with Crippen molar-refractivity contribution in [1.29, 1.82) is 0 Å². The van der Waals surface area contributed by atoms with Gasteiger partial charge < -0.3 is 0 Å². The van der Waals surface area contributed by atoms with Gasteiger partial charge in [-0.1, -0.05) is 13.1 Å². The van der Waals surface area contributed by atoms with Crippen molar-refractivity contribution >= 4 is 8.80 Å². The maximum Gasteiger partial charge on any atom is 0.0422 e. The van der Waals surface area contributed by atoms with Gasteiger partial charge in [0, 0.05) is 15.2 Å². The van der Waals surface area contributed by atoms with Crippen LogP contribution in [0.3, 0.4) is 0 Å². The summed E-state index contributed by atoms with van der Waals surface area (Å²) in [5, 5.41) is 0. The van der Waals surface area contributed by atoms with Crippen molar-refractivity contribution in [2.75, 3.05) is 0 Å². The lowest BCUT2D eigenvalue weighted by molar-refractivity contribution is 1.11. The predicted molar refractivity (Wildman–Crippen MR) is 38.2 cm³/mol. The molecule has 0 N–H and O–H groups in total. The topological polar surface area (TPSA) is 0 Å². The average Bonchev–Trinajstić information content (AvgIpc) is 1.61. The summed E-state index contributed by atoms with van der Waals surface area (Å²) in [6.45, 7) is 4.56. The van der Waals surface area contributed by atoms with E-state index in [0.717, 1.165) is 6.42 Å². The second kappa shape index (κ2) is 6.71. The van der Waals surface area contributed by atoms with Gasteiger partial charge in [-0.25, -0.2) is 0 Å². The van der Waals surface area contributed by atoms with Gasteiger partial charge in [-0.15, -0.1) is 12.3 Å². The summed E-state index contributed by atoms with van der Waals surface area (Å²) in [5.74, 6) is 2.62. The Morgan fingerprint density at radius 2 is 2.00 bits per heavy atom. The highest BCUT2D eigenvalue weighted by atomic mass is 28.3. The third-order valence-electron chi connectivity index (χ3n) is 0.769. The van der Waals surface area contributed by atoms with Gasteiger partial charge in [0.15, 0.2) is 0 Å². The lowest BCUT2D eigenvalue weighted by Gasteiger charge is -1.93. The second-order valence-corrected chi connectivity index (χ2v) is 4.83. The van der Waals surface area contributed by atoms with Crippen LogP contribution in [0.15, 0.2) is 0 Å². The number of hydrogen-bond acceptors (Lipinski definition) is 0. The van der Waals surface area contributed by atoms with Crippen molar-refractivity contribution in [1.82, 2.24) is 0 Å². The van der Waals surface area contributed by atoms with Gasteiger partial charge in [0.05, 0.1) is 0 Å². The van der Waals surface area contributed by atoms with E-state index in [1.54, 1.807) is 0 Å². The van der Waals surface area contributed by atoms with E-state index in [1.807, 2.05) is 0 Å². The fourth-order valence-corrected chi connectivity index (χ4v) is 0.967. The van der Waals surface area contributed by atoms with Crippen molar-refractivity contribution in [3.8, 4) is 12.3 Å². The van der Waals surface area contributed by atoms with Crippen molar-refractivity contribution in [3.05, 3.63) is 0 Å². The molecule has 0 aromatic carbocycles. The predicted octanol–water partition coefficient (Wildman–Crippen LogP) is 1.92. The molecule has 0 rings (SSSR count). The van der Waals surface area contributed by atoms with Crippen LogP contribution in [0.2, 0.25) is 19.1 Å². The summed E-state index contributed by atoms with van der Waals surface area (Å²) in [6.07, 6.45) is 6.02. The van der Waals surface area contributed by atoms with E-state index in [1.165, 1.54) is 6.04 Å². The van der Waals surface area contributed by atoms with Gasteiger partial charge >= 0.3 is 0 Å². The lowest BCUT2D eigenvalue weighted by Crippen LogP contribution is -1.96. The molecule has 0 atom stereocenters. The SMILES string of the molecule is C#CCC[Si](C)C.F. The largest absolute Gasteiger partial charge is 0.269 e. The number of terminal acetylenes is 1. The Balaban J connectivity index is 0. The van der Waals surface area contributed by atoms with E-state index in [4.69, 9.17) is 6.42 Å². The first-order valence-corrected chi connectivity index (χ1v) is 5.20. The molecule has 0 fully saturated rings. The van der Waals surface area contributed by atoms with E-state index >= 15 is 0 Å². The normalized spacial score (nSPS) is 7.75. The molecule has 0 aliphatic heterocycles. The molecule has 0 aliphatic carbocycles. The molecule has 8 heavy (non-hydrogen) atoms. The third-order valence-corrected chi connectivity index (χ3v) is 2.02. The van der Waals surface area contributed by atoms with Gasteiger partial charge in [-0.3, -0.25) is 4.70 Å². The molecule has 0 nitrogen and oxygen atoms in total. The molecular formula is C6H12FSi. The van der Waals surface area contributed by atoms with E-state index in [2.05, 4.69) is 19.0 Å². The minimum atomic E-state index is -0.0398. The smallest absolute Gasteiger partial charge is 0.0422 e. The number of rotatable bonds is 2. The van der Waals surface area contributed by atoms with Crippen molar-refractivity contribution in [3.63, 3.8) is 0 Å². The fourth-order valence-electron chi connectivity index (χ4n) is 0.322. The van der Waals surface area contributed by atoms with Gasteiger partial charge in [0.1, 0.15) is 0 Å². The molecule has 0 aromatic rings. The maximum absolute atomic E-state index is 5.04. The summed E-state index contributed by atoms with van der Waals surface area (Å²) >= 11 is 0. The molecular weight excluding hydrogens is 119 g/mol. The zero-order valence-corrected chi connectivity index (χ0v) is 6.40. The summed E-state index contributed by atoms with van der Waals surface area (Å²) in [6, 6.07) is 1.27. The van der Waals surface area contributed by atoms with Crippen LogP contribution in [-0.2, 0) is 0 Å². The average molecular weight is 131 g/mol. The van der Waals surface area contributed by atoms with Crippen LogP contribution in [0, 0.1) is 12.3 Å². The first-order chi connectivity index (χ1) is 3.27. The molecule has 0 unspecified atom stereocenters. The zero-order valence-electron chi connectivity index (χ0n) is 5.40. The lowest BCUT2D eigenvalue weighted by atomic mass is 10.5.